The number of sulfonamides is 1. The van der Waals surface area contributed by atoms with E-state index in [0.29, 0.717) is 28.1 Å². The summed E-state index contributed by atoms with van der Waals surface area (Å²) in [5.74, 6) is -0.625. The van der Waals surface area contributed by atoms with Gasteiger partial charge in [-0.15, -0.1) is 0 Å². The summed E-state index contributed by atoms with van der Waals surface area (Å²) >= 11 is 0. The third kappa shape index (κ3) is 4.71. The van der Waals surface area contributed by atoms with Crippen molar-refractivity contribution in [2.24, 2.45) is 0 Å². The predicted molar refractivity (Wildman–Crippen MR) is 118 cm³/mol. The molecule has 0 radical (unpaired) electrons. The summed E-state index contributed by atoms with van der Waals surface area (Å²) in [6.07, 6.45) is 0. The molecule has 0 spiro atoms. The topological polar surface area (TPSA) is 117 Å². The van der Waals surface area contributed by atoms with E-state index in [1.165, 1.54) is 24.3 Å². The Bertz CT molecular complexity index is 1420. The van der Waals surface area contributed by atoms with Gasteiger partial charge in [-0.3, -0.25) is 4.79 Å². The Hall–Kier alpha value is -3.50. The molecule has 2 aromatic heterocycles. The fraction of sp³-hybridized carbons (Fsp3) is 0.182. The highest BCUT2D eigenvalue weighted by Crippen LogP contribution is 2.24. The standard InChI is InChI=1S/C22H21FN4O4S/c1-22(2,3)27-32(29,30)19-10-9-18(31-19)21(28)24-15-7-8-16-17(12-15)26-20(25-16)13-5-4-6-14(23)11-13/h4-12,27H,1-3H3,(H,24,28)(H,25,26). The fourth-order valence-electron chi connectivity index (χ4n) is 3.09. The summed E-state index contributed by atoms with van der Waals surface area (Å²) in [5.41, 5.74) is 1.63. The van der Waals surface area contributed by atoms with Crippen LogP contribution >= 0.6 is 0 Å². The van der Waals surface area contributed by atoms with E-state index in [9.17, 15) is 17.6 Å². The number of hydrogen-bond donors (Lipinski definition) is 3. The number of halogens is 1. The van der Waals surface area contributed by atoms with Gasteiger partial charge in [0.1, 0.15) is 11.6 Å². The van der Waals surface area contributed by atoms with Crippen LogP contribution in [0.5, 0.6) is 0 Å². The van der Waals surface area contributed by atoms with Crippen LogP contribution in [-0.2, 0) is 10.0 Å². The number of rotatable bonds is 5. The number of fused-ring (bicyclic) bond motifs is 1. The van der Waals surface area contributed by atoms with Crippen LogP contribution in [0.15, 0.2) is 64.1 Å². The number of anilines is 1. The lowest BCUT2D eigenvalue weighted by atomic mass is 10.1. The first kappa shape index (κ1) is 21.7. The first-order valence-corrected chi connectivity index (χ1v) is 11.2. The lowest BCUT2D eigenvalue weighted by Gasteiger charge is -2.18. The maximum Gasteiger partial charge on any atom is 0.291 e. The molecule has 166 valence electrons. The van der Waals surface area contributed by atoms with Crippen LogP contribution in [-0.4, -0.2) is 29.8 Å². The van der Waals surface area contributed by atoms with Gasteiger partial charge in [0.25, 0.3) is 15.9 Å². The molecule has 0 aliphatic rings. The lowest BCUT2D eigenvalue weighted by Crippen LogP contribution is -2.40. The molecule has 0 aliphatic heterocycles. The molecule has 0 atom stereocenters. The van der Waals surface area contributed by atoms with Gasteiger partial charge >= 0.3 is 0 Å². The molecule has 0 saturated heterocycles. The summed E-state index contributed by atoms with van der Waals surface area (Å²) in [6.45, 7) is 5.10. The second-order valence-electron chi connectivity index (χ2n) is 8.26. The van der Waals surface area contributed by atoms with Gasteiger partial charge in [0.05, 0.1) is 11.0 Å². The monoisotopic (exact) mass is 456 g/mol. The number of carbonyl (C=O) groups excluding carboxylic acids is 1. The van der Waals surface area contributed by atoms with E-state index in [1.807, 2.05) is 0 Å². The molecular weight excluding hydrogens is 435 g/mol. The minimum Gasteiger partial charge on any atom is -0.438 e. The lowest BCUT2D eigenvalue weighted by molar-refractivity contribution is 0.0991. The Morgan fingerprint density at radius 2 is 1.88 bits per heavy atom. The maximum absolute atomic E-state index is 13.5. The van der Waals surface area contributed by atoms with Gasteiger partial charge in [-0.05, 0) is 63.2 Å². The van der Waals surface area contributed by atoms with Crippen LogP contribution in [0.1, 0.15) is 31.3 Å². The summed E-state index contributed by atoms with van der Waals surface area (Å²) < 4.78 is 45.9. The average Bonchev–Trinajstić information content (AvgIpc) is 3.34. The summed E-state index contributed by atoms with van der Waals surface area (Å²) in [4.78, 5) is 20.1. The van der Waals surface area contributed by atoms with Gasteiger partial charge in [0.2, 0.25) is 5.09 Å². The van der Waals surface area contributed by atoms with Crippen LogP contribution in [0.2, 0.25) is 0 Å². The number of aromatic amines is 1. The molecule has 3 N–H and O–H groups in total. The SMILES string of the molecule is CC(C)(C)NS(=O)(=O)c1ccc(C(=O)Nc2ccc3nc(-c4cccc(F)c4)[nH]c3c2)o1. The largest absolute Gasteiger partial charge is 0.438 e. The van der Waals surface area contributed by atoms with Gasteiger partial charge < -0.3 is 14.7 Å². The first-order chi connectivity index (χ1) is 15.0. The van der Waals surface area contributed by atoms with E-state index >= 15 is 0 Å². The summed E-state index contributed by atoms with van der Waals surface area (Å²) in [5, 5.41) is 2.32. The van der Waals surface area contributed by atoms with Crippen LogP contribution < -0.4 is 10.0 Å². The molecule has 1 amide bonds. The molecule has 8 nitrogen and oxygen atoms in total. The third-order valence-electron chi connectivity index (χ3n) is 4.35. The number of hydrogen-bond acceptors (Lipinski definition) is 5. The molecule has 32 heavy (non-hydrogen) atoms. The quantitative estimate of drug-likeness (QED) is 0.414. The smallest absolute Gasteiger partial charge is 0.291 e. The zero-order chi connectivity index (χ0) is 23.1. The normalized spacial score (nSPS) is 12.2. The van der Waals surface area contributed by atoms with Crippen molar-refractivity contribution in [2.75, 3.05) is 5.32 Å². The fourth-order valence-corrected chi connectivity index (χ4v) is 4.45. The molecule has 0 fully saturated rings. The Morgan fingerprint density at radius 1 is 1.09 bits per heavy atom. The molecule has 10 heteroatoms. The zero-order valence-electron chi connectivity index (χ0n) is 17.6. The molecule has 4 aromatic rings. The van der Waals surface area contributed by atoms with Crippen molar-refractivity contribution in [2.45, 2.75) is 31.4 Å². The van der Waals surface area contributed by atoms with Crippen molar-refractivity contribution >= 4 is 32.7 Å². The number of benzene rings is 2. The highest BCUT2D eigenvalue weighted by Gasteiger charge is 2.26. The molecular formula is C22H21FN4O4S. The highest BCUT2D eigenvalue weighted by molar-refractivity contribution is 7.89. The third-order valence-corrected chi connectivity index (χ3v) is 5.98. The Kier molecular flexibility index (Phi) is 5.35. The van der Waals surface area contributed by atoms with Crippen molar-refractivity contribution in [3.63, 3.8) is 0 Å². The minimum atomic E-state index is -3.90. The van der Waals surface area contributed by atoms with Crippen LogP contribution in [0, 0.1) is 5.82 Å². The summed E-state index contributed by atoms with van der Waals surface area (Å²) in [7, 11) is -3.90. The van der Waals surface area contributed by atoms with Gasteiger partial charge in [-0.25, -0.2) is 22.5 Å². The predicted octanol–water partition coefficient (Wildman–Crippen LogP) is 4.29. The molecule has 0 bridgehead atoms. The van der Waals surface area contributed by atoms with Crippen molar-refractivity contribution in [3.8, 4) is 11.4 Å². The van der Waals surface area contributed by atoms with Crippen LogP contribution in [0.25, 0.3) is 22.4 Å². The number of imidazole rings is 1. The summed E-state index contributed by atoms with van der Waals surface area (Å²) in [6, 6.07) is 13.6. The molecule has 0 unspecified atom stereocenters. The molecule has 2 aromatic carbocycles. The van der Waals surface area contributed by atoms with E-state index in [-0.39, 0.29) is 16.7 Å². The van der Waals surface area contributed by atoms with Crippen molar-refractivity contribution in [3.05, 3.63) is 66.2 Å². The van der Waals surface area contributed by atoms with E-state index in [1.54, 1.807) is 51.1 Å². The number of H-pyrrole nitrogens is 1. The number of nitrogens with zero attached hydrogens (tertiary/aromatic N) is 1. The molecule has 0 aliphatic carbocycles. The van der Waals surface area contributed by atoms with Crippen molar-refractivity contribution in [1.29, 1.82) is 0 Å². The Morgan fingerprint density at radius 3 is 2.59 bits per heavy atom. The highest BCUT2D eigenvalue weighted by atomic mass is 32.2. The first-order valence-electron chi connectivity index (χ1n) is 9.71. The van der Waals surface area contributed by atoms with Gasteiger partial charge in [0, 0.05) is 16.8 Å². The number of nitrogens with one attached hydrogen (secondary N) is 3. The minimum absolute atomic E-state index is 0.149. The van der Waals surface area contributed by atoms with E-state index in [2.05, 4.69) is 20.0 Å². The Labute approximate surface area is 183 Å². The molecule has 4 rings (SSSR count). The van der Waals surface area contributed by atoms with Gasteiger partial charge in [-0.2, -0.15) is 0 Å². The van der Waals surface area contributed by atoms with Crippen molar-refractivity contribution in [1.82, 2.24) is 14.7 Å². The number of amides is 1. The second kappa shape index (κ2) is 7.88. The van der Waals surface area contributed by atoms with Crippen LogP contribution in [0.3, 0.4) is 0 Å². The number of carbonyl (C=O) groups is 1. The van der Waals surface area contributed by atoms with Gasteiger partial charge in [-0.1, -0.05) is 12.1 Å². The Balaban J connectivity index is 1.54. The number of aromatic nitrogens is 2. The van der Waals surface area contributed by atoms with Crippen molar-refractivity contribution < 1.29 is 22.0 Å². The van der Waals surface area contributed by atoms with E-state index in [0.717, 1.165) is 0 Å². The zero-order valence-corrected chi connectivity index (χ0v) is 18.4. The number of furan rings is 1. The van der Waals surface area contributed by atoms with Crippen LogP contribution in [0.4, 0.5) is 10.1 Å². The second-order valence-corrected chi connectivity index (χ2v) is 9.87. The molecule has 0 saturated carbocycles. The van der Waals surface area contributed by atoms with Gasteiger partial charge in [0.15, 0.2) is 5.76 Å². The molecule has 2 heterocycles. The average molecular weight is 456 g/mol. The van der Waals surface area contributed by atoms with E-state index in [4.69, 9.17) is 4.42 Å². The maximum atomic E-state index is 13.5. The van der Waals surface area contributed by atoms with E-state index < -0.39 is 21.5 Å².